The monoisotopic (exact) mass is 269 g/mol. The molecule has 1 fully saturated rings. The molecule has 1 heterocycles. The summed E-state index contributed by atoms with van der Waals surface area (Å²) in [5.41, 5.74) is 0. The van der Waals surface area contributed by atoms with Gasteiger partial charge in [-0.05, 0) is 39.3 Å². The molecule has 1 atom stereocenters. The Bertz CT molecular complexity index is 240. The van der Waals surface area contributed by atoms with Gasteiger partial charge >= 0.3 is 0 Å². The zero-order chi connectivity index (χ0) is 13.9. The number of nitrogens with one attached hydrogen (secondary N) is 2. The average molecular weight is 269 g/mol. The second-order valence-electron chi connectivity index (χ2n) is 5.58. The minimum absolute atomic E-state index is 0.0774. The lowest BCUT2D eigenvalue weighted by atomic mass is 10.1. The predicted octanol–water partition coefficient (Wildman–Crippen LogP) is 1.76. The van der Waals surface area contributed by atoms with E-state index in [4.69, 9.17) is 0 Å². The molecule has 1 aliphatic heterocycles. The smallest absolute Gasteiger partial charge is 0.236 e. The van der Waals surface area contributed by atoms with Crippen LogP contribution in [0.4, 0.5) is 0 Å². The summed E-state index contributed by atoms with van der Waals surface area (Å²) in [5.74, 6) is 0.134. The third-order valence-electron chi connectivity index (χ3n) is 3.80. The Morgan fingerprint density at radius 1 is 1.16 bits per heavy atom. The number of carbonyl (C=O) groups is 1. The van der Waals surface area contributed by atoms with Gasteiger partial charge in [0.1, 0.15) is 0 Å². The standard InChI is InChI=1S/C15H31N3O/c1-3-4-6-9-17-15(19)14(2)16-10-13-18-11-7-5-8-12-18/h14,16H,3-13H2,1-2H3,(H,17,19). The highest BCUT2D eigenvalue weighted by Gasteiger charge is 2.13. The molecule has 112 valence electrons. The molecule has 2 N–H and O–H groups in total. The Morgan fingerprint density at radius 3 is 2.58 bits per heavy atom. The van der Waals surface area contributed by atoms with Gasteiger partial charge in [-0.1, -0.05) is 26.2 Å². The number of amides is 1. The van der Waals surface area contributed by atoms with E-state index in [1.165, 1.54) is 45.2 Å². The number of rotatable bonds is 9. The number of hydrogen-bond acceptors (Lipinski definition) is 3. The molecule has 0 aromatic rings. The third-order valence-corrected chi connectivity index (χ3v) is 3.80. The van der Waals surface area contributed by atoms with E-state index >= 15 is 0 Å². The summed E-state index contributed by atoms with van der Waals surface area (Å²) < 4.78 is 0. The highest BCUT2D eigenvalue weighted by molar-refractivity contribution is 5.81. The summed E-state index contributed by atoms with van der Waals surface area (Å²) in [6.07, 6.45) is 7.50. The first-order valence-corrected chi connectivity index (χ1v) is 7.97. The van der Waals surface area contributed by atoms with Gasteiger partial charge in [0.25, 0.3) is 0 Å². The molecular weight excluding hydrogens is 238 g/mol. The summed E-state index contributed by atoms with van der Waals surface area (Å²) >= 11 is 0. The Morgan fingerprint density at radius 2 is 1.89 bits per heavy atom. The van der Waals surface area contributed by atoms with Gasteiger partial charge in [-0.2, -0.15) is 0 Å². The normalized spacial score (nSPS) is 18.2. The molecule has 0 bridgehead atoms. The average Bonchev–Trinajstić information content (AvgIpc) is 2.44. The fraction of sp³-hybridized carbons (Fsp3) is 0.933. The van der Waals surface area contributed by atoms with Crippen LogP contribution in [0.25, 0.3) is 0 Å². The van der Waals surface area contributed by atoms with Crippen LogP contribution in [0.2, 0.25) is 0 Å². The maximum absolute atomic E-state index is 11.8. The van der Waals surface area contributed by atoms with Crippen LogP contribution in [0.15, 0.2) is 0 Å². The molecule has 4 heteroatoms. The van der Waals surface area contributed by atoms with Crippen LogP contribution in [0, 0.1) is 0 Å². The first kappa shape index (κ1) is 16.4. The number of likely N-dealkylation sites (tertiary alicyclic amines) is 1. The molecule has 1 rings (SSSR count). The van der Waals surface area contributed by atoms with Crippen molar-refractivity contribution in [3.8, 4) is 0 Å². The van der Waals surface area contributed by atoms with E-state index in [9.17, 15) is 4.79 Å². The van der Waals surface area contributed by atoms with Crippen molar-refractivity contribution in [2.45, 2.75) is 58.4 Å². The summed E-state index contributed by atoms with van der Waals surface area (Å²) in [6, 6.07) is -0.0774. The maximum Gasteiger partial charge on any atom is 0.236 e. The molecule has 19 heavy (non-hydrogen) atoms. The van der Waals surface area contributed by atoms with Crippen LogP contribution in [0.1, 0.15) is 52.4 Å². The van der Waals surface area contributed by atoms with Gasteiger partial charge in [-0.25, -0.2) is 0 Å². The van der Waals surface area contributed by atoms with Crippen LogP contribution in [-0.4, -0.2) is 49.6 Å². The van der Waals surface area contributed by atoms with Crippen molar-refractivity contribution in [3.63, 3.8) is 0 Å². The number of unbranched alkanes of at least 4 members (excludes halogenated alkanes) is 2. The molecule has 1 saturated heterocycles. The number of piperidine rings is 1. The van der Waals surface area contributed by atoms with Gasteiger partial charge in [-0.3, -0.25) is 4.79 Å². The lowest BCUT2D eigenvalue weighted by Crippen LogP contribution is -2.45. The Kier molecular flexibility index (Phi) is 8.84. The van der Waals surface area contributed by atoms with E-state index in [1.54, 1.807) is 0 Å². The summed E-state index contributed by atoms with van der Waals surface area (Å²) in [6.45, 7) is 9.35. The molecule has 0 aliphatic carbocycles. The minimum atomic E-state index is -0.0774. The van der Waals surface area contributed by atoms with Crippen molar-refractivity contribution >= 4 is 5.91 Å². The molecule has 0 spiro atoms. The fourth-order valence-electron chi connectivity index (χ4n) is 2.45. The zero-order valence-corrected chi connectivity index (χ0v) is 12.7. The van der Waals surface area contributed by atoms with E-state index in [-0.39, 0.29) is 11.9 Å². The first-order valence-electron chi connectivity index (χ1n) is 7.97. The van der Waals surface area contributed by atoms with Crippen molar-refractivity contribution < 1.29 is 4.79 Å². The van der Waals surface area contributed by atoms with Crippen molar-refractivity contribution in [2.75, 3.05) is 32.7 Å². The predicted molar refractivity (Wildman–Crippen MR) is 80.3 cm³/mol. The van der Waals surface area contributed by atoms with Crippen molar-refractivity contribution in [1.82, 2.24) is 15.5 Å². The number of carbonyl (C=O) groups excluding carboxylic acids is 1. The van der Waals surface area contributed by atoms with Crippen molar-refractivity contribution in [2.24, 2.45) is 0 Å². The Balaban J connectivity index is 2.02. The van der Waals surface area contributed by atoms with E-state index < -0.39 is 0 Å². The summed E-state index contributed by atoms with van der Waals surface area (Å²) in [7, 11) is 0. The van der Waals surface area contributed by atoms with Crippen LogP contribution < -0.4 is 10.6 Å². The van der Waals surface area contributed by atoms with Gasteiger partial charge in [0, 0.05) is 19.6 Å². The molecule has 0 saturated carbocycles. The molecule has 1 aliphatic rings. The molecule has 0 aromatic heterocycles. The zero-order valence-electron chi connectivity index (χ0n) is 12.7. The summed E-state index contributed by atoms with van der Waals surface area (Å²) in [5, 5.41) is 6.31. The SMILES string of the molecule is CCCCCNC(=O)C(C)NCCN1CCCCC1. The first-order chi connectivity index (χ1) is 9.24. The molecule has 1 amide bonds. The summed E-state index contributed by atoms with van der Waals surface area (Å²) in [4.78, 5) is 14.3. The molecular formula is C15H31N3O. The quantitative estimate of drug-likeness (QED) is 0.627. The molecule has 0 radical (unpaired) electrons. The van der Waals surface area contributed by atoms with Gasteiger partial charge in [-0.15, -0.1) is 0 Å². The van der Waals surface area contributed by atoms with Crippen LogP contribution in [-0.2, 0) is 4.79 Å². The van der Waals surface area contributed by atoms with Crippen LogP contribution in [0.3, 0.4) is 0 Å². The maximum atomic E-state index is 11.8. The van der Waals surface area contributed by atoms with Crippen molar-refractivity contribution in [1.29, 1.82) is 0 Å². The second-order valence-corrected chi connectivity index (χ2v) is 5.58. The largest absolute Gasteiger partial charge is 0.355 e. The molecule has 0 aromatic carbocycles. The third kappa shape index (κ3) is 7.53. The van der Waals surface area contributed by atoms with Crippen LogP contribution >= 0.6 is 0 Å². The van der Waals surface area contributed by atoms with E-state index in [0.717, 1.165) is 26.1 Å². The lowest BCUT2D eigenvalue weighted by molar-refractivity contribution is -0.122. The van der Waals surface area contributed by atoms with E-state index in [2.05, 4.69) is 22.5 Å². The van der Waals surface area contributed by atoms with Crippen LogP contribution in [0.5, 0.6) is 0 Å². The second kappa shape index (κ2) is 10.2. The van der Waals surface area contributed by atoms with E-state index in [1.807, 2.05) is 6.92 Å². The lowest BCUT2D eigenvalue weighted by Gasteiger charge is -2.27. The fourth-order valence-corrected chi connectivity index (χ4v) is 2.45. The highest BCUT2D eigenvalue weighted by atomic mass is 16.2. The van der Waals surface area contributed by atoms with Crippen molar-refractivity contribution in [3.05, 3.63) is 0 Å². The van der Waals surface area contributed by atoms with Gasteiger partial charge < -0.3 is 15.5 Å². The minimum Gasteiger partial charge on any atom is -0.355 e. The molecule has 4 nitrogen and oxygen atoms in total. The highest BCUT2D eigenvalue weighted by Crippen LogP contribution is 2.07. The van der Waals surface area contributed by atoms with Gasteiger partial charge in [0.05, 0.1) is 6.04 Å². The number of hydrogen-bond donors (Lipinski definition) is 2. The van der Waals surface area contributed by atoms with Gasteiger partial charge in [0.2, 0.25) is 5.91 Å². The Hall–Kier alpha value is -0.610. The van der Waals surface area contributed by atoms with E-state index in [0.29, 0.717) is 0 Å². The Labute approximate surface area is 118 Å². The van der Waals surface area contributed by atoms with Gasteiger partial charge in [0.15, 0.2) is 0 Å². The molecule has 1 unspecified atom stereocenters. The number of nitrogens with zero attached hydrogens (tertiary/aromatic N) is 1. The topological polar surface area (TPSA) is 44.4 Å².